The maximum Gasteiger partial charge on any atom is 0.248 e. The van der Waals surface area contributed by atoms with Crippen molar-refractivity contribution in [1.82, 2.24) is 10.2 Å². The van der Waals surface area contributed by atoms with Gasteiger partial charge in [0.25, 0.3) is 0 Å². The van der Waals surface area contributed by atoms with Crippen LogP contribution in [0.25, 0.3) is 11.5 Å². The molecule has 2 aromatic carbocycles. The molecule has 0 fully saturated rings. The first kappa shape index (κ1) is 15.1. The summed E-state index contributed by atoms with van der Waals surface area (Å²) in [7, 11) is 0. The molecule has 3 aromatic rings. The number of hydrogen-bond donors (Lipinski definition) is 1. The molecule has 0 atom stereocenters. The van der Waals surface area contributed by atoms with Crippen LogP contribution in [0.1, 0.15) is 11.5 Å². The van der Waals surface area contributed by atoms with Crippen molar-refractivity contribution < 1.29 is 17.6 Å². The van der Waals surface area contributed by atoms with Gasteiger partial charge in [0.15, 0.2) is 17.5 Å². The standard InChI is InChI=1S/C16H12F3N3O/c1-9-4-2-3-5-10(9)16-22-21-13(23-16)8-20-12-7-6-11(17)14(18)15(12)19/h2-7,20H,8H2,1H3. The second-order valence-electron chi connectivity index (χ2n) is 4.89. The van der Waals surface area contributed by atoms with Gasteiger partial charge in [0.1, 0.15) is 0 Å². The largest absolute Gasteiger partial charge is 0.419 e. The average Bonchev–Trinajstić information content (AvgIpc) is 3.01. The minimum atomic E-state index is -1.53. The van der Waals surface area contributed by atoms with Gasteiger partial charge in [-0.1, -0.05) is 18.2 Å². The smallest absolute Gasteiger partial charge is 0.248 e. The van der Waals surface area contributed by atoms with Gasteiger partial charge in [-0.05, 0) is 30.7 Å². The fourth-order valence-electron chi connectivity index (χ4n) is 2.08. The van der Waals surface area contributed by atoms with Crippen molar-refractivity contribution in [2.24, 2.45) is 0 Å². The first-order valence-electron chi connectivity index (χ1n) is 6.82. The fraction of sp³-hybridized carbons (Fsp3) is 0.125. The number of rotatable bonds is 4. The highest BCUT2D eigenvalue weighted by molar-refractivity contribution is 5.57. The van der Waals surface area contributed by atoms with E-state index >= 15 is 0 Å². The van der Waals surface area contributed by atoms with Crippen molar-refractivity contribution in [1.29, 1.82) is 0 Å². The second kappa shape index (κ2) is 6.12. The van der Waals surface area contributed by atoms with Crippen molar-refractivity contribution in [3.8, 4) is 11.5 Å². The monoisotopic (exact) mass is 319 g/mol. The van der Waals surface area contributed by atoms with Gasteiger partial charge in [0, 0.05) is 5.56 Å². The molecule has 0 saturated carbocycles. The van der Waals surface area contributed by atoms with Gasteiger partial charge >= 0.3 is 0 Å². The molecule has 3 rings (SSSR count). The molecule has 118 valence electrons. The summed E-state index contributed by atoms with van der Waals surface area (Å²) in [5.74, 6) is -3.52. The fourth-order valence-corrected chi connectivity index (χ4v) is 2.08. The van der Waals surface area contributed by atoms with E-state index in [2.05, 4.69) is 15.5 Å². The summed E-state index contributed by atoms with van der Waals surface area (Å²) in [6.45, 7) is 1.90. The molecule has 0 spiro atoms. The number of hydrogen-bond acceptors (Lipinski definition) is 4. The quantitative estimate of drug-likeness (QED) is 0.736. The van der Waals surface area contributed by atoms with Crippen LogP contribution in [0.15, 0.2) is 40.8 Å². The minimum absolute atomic E-state index is 0.0130. The van der Waals surface area contributed by atoms with Gasteiger partial charge < -0.3 is 9.73 Å². The maximum atomic E-state index is 13.5. The van der Waals surface area contributed by atoms with Crippen LogP contribution in [0.4, 0.5) is 18.9 Å². The molecule has 0 aliphatic carbocycles. The third-order valence-corrected chi connectivity index (χ3v) is 3.31. The molecule has 7 heteroatoms. The van der Waals surface area contributed by atoms with Crippen LogP contribution in [0.2, 0.25) is 0 Å². The summed E-state index contributed by atoms with van der Waals surface area (Å²) in [6, 6.07) is 9.44. The topological polar surface area (TPSA) is 51.0 Å². The van der Waals surface area contributed by atoms with Gasteiger partial charge in [0.05, 0.1) is 12.2 Å². The number of aryl methyl sites for hydroxylation is 1. The van der Waals surface area contributed by atoms with E-state index in [1.54, 1.807) is 0 Å². The van der Waals surface area contributed by atoms with E-state index in [4.69, 9.17) is 4.42 Å². The molecule has 1 aromatic heterocycles. The Labute approximate surface area is 130 Å². The summed E-state index contributed by atoms with van der Waals surface area (Å²) < 4.78 is 45.0. The van der Waals surface area contributed by atoms with Gasteiger partial charge in [-0.25, -0.2) is 13.2 Å². The third kappa shape index (κ3) is 3.03. The van der Waals surface area contributed by atoms with Gasteiger partial charge in [-0.3, -0.25) is 0 Å². The van der Waals surface area contributed by atoms with Crippen LogP contribution in [0, 0.1) is 24.4 Å². The van der Waals surface area contributed by atoms with E-state index in [0.717, 1.165) is 23.3 Å². The average molecular weight is 319 g/mol. The molecule has 0 amide bonds. The van der Waals surface area contributed by atoms with E-state index in [1.165, 1.54) is 0 Å². The highest BCUT2D eigenvalue weighted by atomic mass is 19.2. The molecule has 1 heterocycles. The molecule has 0 unspecified atom stereocenters. The van der Waals surface area contributed by atoms with Gasteiger partial charge in [-0.2, -0.15) is 0 Å². The Hall–Kier alpha value is -2.83. The Balaban J connectivity index is 1.76. The molecule has 0 aliphatic heterocycles. The summed E-state index contributed by atoms with van der Waals surface area (Å²) in [6.07, 6.45) is 0. The van der Waals surface area contributed by atoms with Crippen LogP contribution >= 0.6 is 0 Å². The molecule has 1 N–H and O–H groups in total. The predicted octanol–water partition coefficient (Wildman–Crippen LogP) is 4.07. The lowest BCUT2D eigenvalue weighted by molar-refractivity contribution is 0.448. The van der Waals surface area contributed by atoms with Crippen LogP contribution in [0.3, 0.4) is 0 Å². The number of aromatic nitrogens is 2. The highest BCUT2D eigenvalue weighted by Gasteiger charge is 2.15. The lowest BCUT2D eigenvalue weighted by atomic mass is 10.1. The van der Waals surface area contributed by atoms with E-state index in [-0.39, 0.29) is 18.1 Å². The Morgan fingerprint density at radius 3 is 2.57 bits per heavy atom. The molecular weight excluding hydrogens is 307 g/mol. The number of nitrogens with one attached hydrogen (secondary N) is 1. The summed E-state index contributed by atoms with van der Waals surface area (Å²) in [5, 5.41) is 10.4. The molecule has 0 radical (unpaired) electrons. The summed E-state index contributed by atoms with van der Waals surface area (Å²) in [5.41, 5.74) is 1.59. The number of anilines is 1. The number of benzene rings is 2. The van der Waals surface area contributed by atoms with Crippen molar-refractivity contribution in [2.45, 2.75) is 13.5 Å². The second-order valence-corrected chi connectivity index (χ2v) is 4.89. The van der Waals surface area contributed by atoms with Crippen LogP contribution in [-0.4, -0.2) is 10.2 Å². The zero-order valence-corrected chi connectivity index (χ0v) is 12.1. The first-order chi connectivity index (χ1) is 11.1. The van der Waals surface area contributed by atoms with E-state index in [9.17, 15) is 13.2 Å². The maximum absolute atomic E-state index is 13.5. The molecular formula is C16H12F3N3O. The van der Waals surface area contributed by atoms with Gasteiger partial charge in [0.2, 0.25) is 11.8 Å². The van der Waals surface area contributed by atoms with Crippen LogP contribution in [0.5, 0.6) is 0 Å². The molecule has 0 bridgehead atoms. The Kier molecular flexibility index (Phi) is 4.01. The molecule has 0 aliphatic rings. The van der Waals surface area contributed by atoms with Gasteiger partial charge in [-0.15, -0.1) is 10.2 Å². The third-order valence-electron chi connectivity index (χ3n) is 3.31. The normalized spacial score (nSPS) is 10.8. The van der Waals surface area contributed by atoms with E-state index in [1.807, 2.05) is 31.2 Å². The minimum Gasteiger partial charge on any atom is -0.419 e. The highest BCUT2D eigenvalue weighted by Crippen LogP contribution is 2.23. The SMILES string of the molecule is Cc1ccccc1-c1nnc(CNc2ccc(F)c(F)c2F)o1. The van der Waals surface area contributed by atoms with Crippen LogP contribution < -0.4 is 5.32 Å². The van der Waals surface area contributed by atoms with E-state index < -0.39 is 17.5 Å². The Morgan fingerprint density at radius 1 is 1.00 bits per heavy atom. The summed E-state index contributed by atoms with van der Waals surface area (Å²) >= 11 is 0. The molecule has 0 saturated heterocycles. The lowest BCUT2D eigenvalue weighted by Gasteiger charge is -2.06. The van der Waals surface area contributed by atoms with Crippen molar-refractivity contribution in [3.05, 3.63) is 65.3 Å². The first-order valence-corrected chi connectivity index (χ1v) is 6.82. The predicted molar refractivity (Wildman–Crippen MR) is 78.1 cm³/mol. The van der Waals surface area contributed by atoms with Crippen molar-refractivity contribution >= 4 is 5.69 Å². The summed E-state index contributed by atoms with van der Waals surface area (Å²) in [4.78, 5) is 0. The Bertz CT molecular complexity index is 848. The molecule has 23 heavy (non-hydrogen) atoms. The zero-order valence-electron chi connectivity index (χ0n) is 12.1. The van der Waals surface area contributed by atoms with Crippen molar-refractivity contribution in [2.75, 3.05) is 5.32 Å². The van der Waals surface area contributed by atoms with Crippen molar-refractivity contribution in [3.63, 3.8) is 0 Å². The zero-order chi connectivity index (χ0) is 16.4. The lowest BCUT2D eigenvalue weighted by Crippen LogP contribution is -2.04. The van der Waals surface area contributed by atoms with E-state index in [0.29, 0.717) is 5.89 Å². The number of nitrogens with zero attached hydrogens (tertiary/aromatic N) is 2. The van der Waals surface area contributed by atoms with Crippen LogP contribution in [-0.2, 0) is 6.54 Å². The number of halogens is 3. The Morgan fingerprint density at radius 2 is 1.78 bits per heavy atom. The molecule has 4 nitrogen and oxygen atoms in total.